The molecule has 3 aromatic rings. The Bertz CT molecular complexity index is 1070. The number of carbonyl (C=O) groups is 2. The standard InChI is InChI=1S/C19H17F2N5O2S/c1-3-23-18(27)15-9-22-8-12(24-15)7-16-17(10(2)26-29-16)19(28)25-11-4-5-13(20)14(21)6-11/h4-6,8-9H,3,7H2,1-2H3,(H,23,27)(H,25,28). The molecule has 0 bridgehead atoms. The van der Waals surface area contributed by atoms with Gasteiger partial charge in [0, 0.05) is 35.8 Å². The van der Waals surface area contributed by atoms with Gasteiger partial charge in [-0.25, -0.2) is 13.8 Å². The van der Waals surface area contributed by atoms with E-state index in [9.17, 15) is 18.4 Å². The van der Waals surface area contributed by atoms with Gasteiger partial charge >= 0.3 is 0 Å². The zero-order valence-corrected chi connectivity index (χ0v) is 16.4. The van der Waals surface area contributed by atoms with Crippen molar-refractivity contribution in [3.05, 3.63) is 69.7 Å². The first kappa shape index (κ1) is 20.5. The fraction of sp³-hybridized carbons (Fsp3) is 0.211. The van der Waals surface area contributed by atoms with Crippen LogP contribution in [-0.2, 0) is 6.42 Å². The average Bonchev–Trinajstić information content (AvgIpc) is 3.05. The van der Waals surface area contributed by atoms with Crippen LogP contribution < -0.4 is 10.6 Å². The van der Waals surface area contributed by atoms with Crippen molar-refractivity contribution in [2.24, 2.45) is 0 Å². The topological polar surface area (TPSA) is 96.9 Å². The van der Waals surface area contributed by atoms with Gasteiger partial charge in [0.15, 0.2) is 11.6 Å². The summed E-state index contributed by atoms with van der Waals surface area (Å²) in [5.74, 6) is -2.88. The Morgan fingerprint density at radius 1 is 1.14 bits per heavy atom. The maximum Gasteiger partial charge on any atom is 0.271 e. The van der Waals surface area contributed by atoms with Gasteiger partial charge in [-0.3, -0.25) is 14.6 Å². The third kappa shape index (κ3) is 4.77. The number of anilines is 1. The monoisotopic (exact) mass is 417 g/mol. The van der Waals surface area contributed by atoms with Crippen molar-refractivity contribution in [1.82, 2.24) is 19.7 Å². The van der Waals surface area contributed by atoms with Crippen LogP contribution in [0.4, 0.5) is 14.5 Å². The Morgan fingerprint density at radius 3 is 2.66 bits per heavy atom. The van der Waals surface area contributed by atoms with Crippen molar-refractivity contribution < 1.29 is 18.4 Å². The number of nitrogens with zero attached hydrogens (tertiary/aromatic N) is 3. The highest BCUT2D eigenvalue weighted by atomic mass is 32.1. The van der Waals surface area contributed by atoms with Crippen LogP contribution in [0, 0.1) is 18.6 Å². The van der Waals surface area contributed by atoms with Crippen molar-refractivity contribution in [3.63, 3.8) is 0 Å². The van der Waals surface area contributed by atoms with E-state index in [4.69, 9.17) is 0 Å². The summed E-state index contributed by atoms with van der Waals surface area (Å²) in [5.41, 5.74) is 1.63. The molecule has 0 aliphatic carbocycles. The first-order chi connectivity index (χ1) is 13.9. The minimum Gasteiger partial charge on any atom is -0.351 e. The van der Waals surface area contributed by atoms with E-state index >= 15 is 0 Å². The van der Waals surface area contributed by atoms with Crippen LogP contribution in [0.15, 0.2) is 30.6 Å². The number of rotatable bonds is 6. The molecule has 0 fully saturated rings. The molecule has 10 heteroatoms. The SMILES string of the molecule is CCNC(=O)c1cncc(Cc2snc(C)c2C(=O)Nc2ccc(F)c(F)c2)n1. The van der Waals surface area contributed by atoms with E-state index in [0.29, 0.717) is 28.4 Å². The van der Waals surface area contributed by atoms with Gasteiger partial charge in [-0.15, -0.1) is 0 Å². The normalized spacial score (nSPS) is 10.6. The maximum absolute atomic E-state index is 13.4. The summed E-state index contributed by atoms with van der Waals surface area (Å²) < 4.78 is 30.7. The molecule has 0 aliphatic rings. The van der Waals surface area contributed by atoms with Crippen LogP contribution in [0.3, 0.4) is 0 Å². The second-order valence-corrected chi connectivity index (χ2v) is 6.94. The lowest BCUT2D eigenvalue weighted by Crippen LogP contribution is -2.24. The van der Waals surface area contributed by atoms with Gasteiger partial charge < -0.3 is 10.6 Å². The summed E-state index contributed by atoms with van der Waals surface area (Å²) in [6.45, 7) is 3.94. The van der Waals surface area contributed by atoms with Gasteiger partial charge in [0.1, 0.15) is 5.69 Å². The van der Waals surface area contributed by atoms with Gasteiger partial charge in [-0.05, 0) is 37.5 Å². The molecular formula is C19H17F2N5O2S. The largest absolute Gasteiger partial charge is 0.351 e. The highest BCUT2D eigenvalue weighted by molar-refractivity contribution is 7.06. The number of benzene rings is 1. The number of nitrogens with one attached hydrogen (secondary N) is 2. The van der Waals surface area contributed by atoms with Crippen molar-refractivity contribution >= 4 is 29.0 Å². The molecule has 0 saturated heterocycles. The second-order valence-electron chi connectivity index (χ2n) is 6.08. The number of aromatic nitrogens is 3. The van der Waals surface area contributed by atoms with E-state index < -0.39 is 17.5 Å². The van der Waals surface area contributed by atoms with E-state index in [1.165, 1.54) is 18.5 Å². The third-order valence-corrected chi connectivity index (χ3v) is 4.87. The molecule has 3 rings (SSSR count). The molecule has 0 aliphatic heterocycles. The zero-order chi connectivity index (χ0) is 21.0. The van der Waals surface area contributed by atoms with Gasteiger partial charge in [0.25, 0.3) is 11.8 Å². The summed E-state index contributed by atoms with van der Waals surface area (Å²) in [7, 11) is 0. The quantitative estimate of drug-likeness (QED) is 0.642. The molecule has 1 aromatic carbocycles. The van der Waals surface area contributed by atoms with Gasteiger partial charge in [-0.1, -0.05) is 0 Å². The highest BCUT2D eigenvalue weighted by Gasteiger charge is 2.20. The minimum atomic E-state index is -1.05. The number of amides is 2. The molecule has 2 N–H and O–H groups in total. The van der Waals surface area contributed by atoms with Crippen LogP contribution >= 0.6 is 11.5 Å². The van der Waals surface area contributed by atoms with E-state index in [1.807, 2.05) is 0 Å². The van der Waals surface area contributed by atoms with Gasteiger partial charge in [0.2, 0.25) is 0 Å². The number of carbonyl (C=O) groups excluding carboxylic acids is 2. The Labute approximate surface area is 169 Å². The van der Waals surface area contributed by atoms with Crippen molar-refractivity contribution in [2.45, 2.75) is 20.3 Å². The molecule has 7 nitrogen and oxygen atoms in total. The summed E-state index contributed by atoms with van der Waals surface area (Å²) in [6.07, 6.45) is 3.12. The summed E-state index contributed by atoms with van der Waals surface area (Å²) in [6, 6.07) is 3.11. The van der Waals surface area contributed by atoms with Crippen LogP contribution in [-0.4, -0.2) is 32.7 Å². The predicted octanol–water partition coefficient (Wildman–Crippen LogP) is 3.11. The van der Waals surface area contributed by atoms with E-state index in [1.54, 1.807) is 13.8 Å². The molecule has 2 aromatic heterocycles. The molecule has 0 spiro atoms. The lowest BCUT2D eigenvalue weighted by atomic mass is 10.1. The first-order valence-electron chi connectivity index (χ1n) is 8.69. The second kappa shape index (κ2) is 8.82. The minimum absolute atomic E-state index is 0.128. The van der Waals surface area contributed by atoms with E-state index in [0.717, 1.165) is 23.7 Å². The van der Waals surface area contributed by atoms with Crippen molar-refractivity contribution in [2.75, 3.05) is 11.9 Å². The smallest absolute Gasteiger partial charge is 0.271 e. The van der Waals surface area contributed by atoms with Crippen LogP contribution in [0.25, 0.3) is 0 Å². The van der Waals surface area contributed by atoms with Crippen LogP contribution in [0.1, 0.15) is 44.0 Å². The Hall–Kier alpha value is -3.27. The molecule has 150 valence electrons. The van der Waals surface area contributed by atoms with Crippen LogP contribution in [0.2, 0.25) is 0 Å². The summed E-state index contributed by atoms with van der Waals surface area (Å²) in [4.78, 5) is 33.6. The van der Waals surface area contributed by atoms with Gasteiger partial charge in [0.05, 0.1) is 23.1 Å². The van der Waals surface area contributed by atoms with Crippen molar-refractivity contribution in [3.8, 4) is 0 Å². The molecule has 29 heavy (non-hydrogen) atoms. The maximum atomic E-state index is 13.4. The molecule has 0 atom stereocenters. The molecule has 0 unspecified atom stereocenters. The third-order valence-electron chi connectivity index (χ3n) is 3.93. The Balaban J connectivity index is 1.82. The molecule has 2 heterocycles. The lowest BCUT2D eigenvalue weighted by Gasteiger charge is -2.08. The molecular weight excluding hydrogens is 400 g/mol. The molecule has 0 saturated carbocycles. The summed E-state index contributed by atoms with van der Waals surface area (Å²) >= 11 is 1.13. The molecule has 2 amide bonds. The lowest BCUT2D eigenvalue weighted by molar-refractivity contribution is 0.0949. The molecule has 0 radical (unpaired) electrons. The number of halogens is 2. The Kier molecular flexibility index (Phi) is 6.23. The highest BCUT2D eigenvalue weighted by Crippen LogP contribution is 2.23. The number of aryl methyl sites for hydroxylation is 1. The zero-order valence-electron chi connectivity index (χ0n) is 15.6. The van der Waals surface area contributed by atoms with Crippen molar-refractivity contribution in [1.29, 1.82) is 0 Å². The number of hydrogen-bond donors (Lipinski definition) is 2. The fourth-order valence-corrected chi connectivity index (χ4v) is 3.49. The van der Waals surface area contributed by atoms with Gasteiger partial charge in [-0.2, -0.15) is 4.37 Å². The first-order valence-corrected chi connectivity index (χ1v) is 9.47. The van der Waals surface area contributed by atoms with E-state index in [2.05, 4.69) is 25.0 Å². The predicted molar refractivity (Wildman–Crippen MR) is 104 cm³/mol. The average molecular weight is 417 g/mol. The summed E-state index contributed by atoms with van der Waals surface area (Å²) in [5, 5.41) is 5.20. The fourth-order valence-electron chi connectivity index (χ4n) is 2.61. The van der Waals surface area contributed by atoms with E-state index in [-0.39, 0.29) is 23.7 Å². The Morgan fingerprint density at radius 2 is 1.93 bits per heavy atom. The number of hydrogen-bond acceptors (Lipinski definition) is 6. The van der Waals surface area contributed by atoms with Crippen LogP contribution in [0.5, 0.6) is 0 Å².